The average molecular weight is 105 g/mol. The monoisotopic (exact) mass is 105 g/mol. The van der Waals surface area contributed by atoms with E-state index in [4.69, 9.17) is 17.5 Å². The van der Waals surface area contributed by atoms with E-state index in [1.165, 1.54) is 0 Å². The molecule has 0 aromatic rings. The molecule has 9 N–H and O–H groups in total. The summed E-state index contributed by atoms with van der Waals surface area (Å²) in [5, 5.41) is 2.15. The number of hydrogen-bond acceptors (Lipinski definition) is 3. The highest BCUT2D eigenvalue weighted by atomic mass is 15.4. The van der Waals surface area contributed by atoms with Crippen LogP contribution in [-0.2, 0) is 0 Å². The molecule has 0 aromatic carbocycles. The number of nitrogens with two attached hydrogens (primary N) is 3. The molecule has 0 aliphatic rings. The fraction of sp³-hybridized carbons (Fsp3) is 0. The number of hydrazone groups is 1. The van der Waals surface area contributed by atoms with Crippen LogP contribution in [0.25, 0.3) is 0 Å². The first-order chi connectivity index (χ1) is 3.35. The summed E-state index contributed by atoms with van der Waals surface area (Å²) < 4.78 is 0. The van der Waals surface area contributed by atoms with Gasteiger partial charge in [0.2, 0.25) is 0 Å². The van der Waals surface area contributed by atoms with E-state index in [0.29, 0.717) is 0 Å². The lowest BCUT2D eigenvalue weighted by molar-refractivity contribution is -0.474. The predicted octanol–water partition coefficient (Wildman–Crippen LogP) is -4.78. The van der Waals surface area contributed by atoms with Crippen molar-refractivity contribution < 1.29 is 5.10 Å². The van der Waals surface area contributed by atoms with E-state index in [9.17, 15) is 0 Å². The molecule has 6 heteroatoms. The van der Waals surface area contributed by atoms with Crippen LogP contribution in [0.3, 0.4) is 0 Å². The van der Waals surface area contributed by atoms with Gasteiger partial charge in [-0.05, 0) is 0 Å². The molecule has 0 unspecified atom stereocenters. The largest absolute Gasteiger partial charge is 0.398 e. The van der Waals surface area contributed by atoms with Gasteiger partial charge >= 0.3 is 5.96 Å². The molecule has 7 heavy (non-hydrogen) atoms. The molecule has 0 fully saturated rings. The molecule has 0 rings (SSSR count). The summed E-state index contributed by atoms with van der Waals surface area (Å²) in [6.45, 7) is 0. The van der Waals surface area contributed by atoms with E-state index in [2.05, 4.69) is 16.0 Å². The zero-order chi connectivity index (χ0) is 5.70. The summed E-state index contributed by atoms with van der Waals surface area (Å²) in [5.41, 5.74) is 4.29. The van der Waals surface area contributed by atoms with Crippen molar-refractivity contribution in [3.63, 3.8) is 0 Å². The highest BCUT2D eigenvalue weighted by Gasteiger charge is 1.92. The van der Waals surface area contributed by atoms with Gasteiger partial charge in [0, 0.05) is 0 Å². The van der Waals surface area contributed by atoms with Crippen molar-refractivity contribution in [2.45, 2.75) is 0 Å². The maximum atomic E-state index is 4.82. The van der Waals surface area contributed by atoms with Gasteiger partial charge in [-0.25, -0.2) is 10.9 Å². The molecule has 0 aliphatic carbocycles. The second-order valence-corrected chi connectivity index (χ2v) is 0.808. The van der Waals surface area contributed by atoms with Gasteiger partial charge in [0.05, 0.1) is 0 Å². The van der Waals surface area contributed by atoms with E-state index >= 15 is 0 Å². The highest BCUT2D eigenvalue weighted by Crippen LogP contribution is 1.24. The van der Waals surface area contributed by atoms with Gasteiger partial charge in [-0.15, -0.1) is 0 Å². The SMILES string of the molecule is NNC(NN)=[NH+]N. The van der Waals surface area contributed by atoms with Crippen LogP contribution in [0, 0.1) is 0 Å². The predicted molar refractivity (Wildman–Crippen MR) is 24.8 cm³/mol. The molecule has 0 atom stereocenters. The van der Waals surface area contributed by atoms with E-state index < -0.39 is 0 Å². The molecule has 0 spiro atoms. The Hall–Kier alpha value is -1.01. The van der Waals surface area contributed by atoms with Gasteiger partial charge in [-0.1, -0.05) is 0 Å². The maximum Gasteiger partial charge on any atom is 0.398 e. The lowest BCUT2D eigenvalue weighted by Gasteiger charge is -1.89. The molecule has 6 nitrogen and oxygen atoms in total. The number of hydrogen-bond donors (Lipinski definition) is 6. The van der Waals surface area contributed by atoms with Crippen LogP contribution in [0.1, 0.15) is 0 Å². The topological polar surface area (TPSA) is 116 Å². The quantitative estimate of drug-likeness (QED) is 0.0800. The van der Waals surface area contributed by atoms with Crippen molar-refractivity contribution in [1.82, 2.24) is 10.9 Å². The normalized spacial score (nSPS) is 7.14. The maximum absolute atomic E-state index is 4.82. The van der Waals surface area contributed by atoms with Crippen LogP contribution >= 0.6 is 0 Å². The Morgan fingerprint density at radius 1 is 1.29 bits per heavy atom. The molecule has 0 saturated heterocycles. The van der Waals surface area contributed by atoms with Gasteiger partial charge in [0.1, 0.15) is 0 Å². The fourth-order valence-corrected chi connectivity index (χ4v) is 0.125. The Morgan fingerprint density at radius 3 is 1.71 bits per heavy atom. The molecule has 0 amide bonds. The molecular formula is CH9N6+. The Labute approximate surface area is 40.7 Å². The van der Waals surface area contributed by atoms with Gasteiger partial charge in [-0.3, -0.25) is 5.84 Å². The van der Waals surface area contributed by atoms with Crippen molar-refractivity contribution in [2.75, 3.05) is 0 Å². The Morgan fingerprint density at radius 2 is 1.71 bits per heavy atom. The summed E-state index contributed by atoms with van der Waals surface area (Å²) >= 11 is 0. The van der Waals surface area contributed by atoms with Crippen molar-refractivity contribution in [3.05, 3.63) is 0 Å². The molecular weight excluding hydrogens is 96.1 g/mol. The summed E-state index contributed by atoms with van der Waals surface area (Å²) in [5.74, 6) is 14.7. The first kappa shape index (κ1) is 5.99. The van der Waals surface area contributed by atoms with Gasteiger partial charge in [-0.2, -0.15) is 16.8 Å². The lowest BCUT2D eigenvalue weighted by atomic mass is 11.1. The Kier molecular flexibility index (Phi) is 2.73. The summed E-state index contributed by atoms with van der Waals surface area (Å²) in [4.78, 5) is 0. The van der Waals surface area contributed by atoms with Crippen molar-refractivity contribution >= 4 is 5.96 Å². The van der Waals surface area contributed by atoms with Gasteiger partial charge < -0.3 is 0 Å². The van der Waals surface area contributed by atoms with Crippen LogP contribution in [-0.4, -0.2) is 5.96 Å². The molecule has 0 aromatic heterocycles. The van der Waals surface area contributed by atoms with Crippen molar-refractivity contribution in [2.24, 2.45) is 17.5 Å². The fourth-order valence-electron chi connectivity index (χ4n) is 0.125. The molecule has 0 radical (unpaired) electrons. The molecule has 42 valence electrons. The smallest absolute Gasteiger partial charge is 0.296 e. The van der Waals surface area contributed by atoms with Crippen LogP contribution in [0.5, 0.6) is 0 Å². The summed E-state index contributed by atoms with van der Waals surface area (Å²) in [6, 6.07) is 0. The van der Waals surface area contributed by atoms with Crippen LogP contribution in [0.15, 0.2) is 0 Å². The van der Waals surface area contributed by atoms with Crippen LogP contribution in [0.4, 0.5) is 0 Å². The second kappa shape index (κ2) is 3.19. The number of hydrazine groups is 3. The first-order valence-corrected chi connectivity index (χ1v) is 1.62. The van der Waals surface area contributed by atoms with Crippen LogP contribution < -0.4 is 33.5 Å². The Balaban J connectivity index is 3.38. The molecule has 0 heterocycles. The van der Waals surface area contributed by atoms with Gasteiger partial charge in [0.25, 0.3) is 0 Å². The molecule has 0 aliphatic heterocycles. The lowest BCUT2D eigenvalue weighted by Crippen LogP contribution is -2.86. The van der Waals surface area contributed by atoms with Crippen molar-refractivity contribution in [3.8, 4) is 0 Å². The zero-order valence-corrected chi connectivity index (χ0v) is 3.73. The second-order valence-electron chi connectivity index (χ2n) is 0.808. The number of rotatable bonds is 0. The minimum absolute atomic E-state index is 0.264. The highest BCUT2D eigenvalue weighted by molar-refractivity contribution is 5.72. The third-order valence-electron chi connectivity index (χ3n) is 0.433. The van der Waals surface area contributed by atoms with Gasteiger partial charge in [0.15, 0.2) is 0 Å². The third-order valence-corrected chi connectivity index (χ3v) is 0.433. The van der Waals surface area contributed by atoms with Crippen LogP contribution in [0.2, 0.25) is 0 Å². The van der Waals surface area contributed by atoms with E-state index in [1.807, 2.05) is 0 Å². The number of guanidine groups is 1. The van der Waals surface area contributed by atoms with E-state index in [-0.39, 0.29) is 5.96 Å². The average Bonchev–Trinajstić information content (AvgIpc) is 1.72. The molecule has 0 saturated carbocycles. The van der Waals surface area contributed by atoms with E-state index in [1.54, 1.807) is 0 Å². The summed E-state index contributed by atoms with van der Waals surface area (Å²) in [6.07, 6.45) is 0. The number of nitrogens with one attached hydrogen (secondary N) is 3. The first-order valence-electron chi connectivity index (χ1n) is 1.62. The summed E-state index contributed by atoms with van der Waals surface area (Å²) in [7, 11) is 0. The zero-order valence-electron chi connectivity index (χ0n) is 3.73. The van der Waals surface area contributed by atoms with E-state index in [0.717, 1.165) is 0 Å². The minimum atomic E-state index is 0.264. The standard InChI is InChI=1S/CH8N6/c2-5-1(6-3)7-4/h2-4H2,(H2,5,6,7)/p+1. The third kappa shape index (κ3) is 1.79. The minimum Gasteiger partial charge on any atom is -0.296 e. The molecule has 0 bridgehead atoms. The van der Waals surface area contributed by atoms with Crippen molar-refractivity contribution in [1.29, 1.82) is 0 Å². The Bertz CT molecular complexity index is 58.6.